The predicted molar refractivity (Wildman–Crippen MR) is 109 cm³/mol. The Bertz CT molecular complexity index is 1140. The average Bonchev–Trinajstić information content (AvgIpc) is 2.98. The van der Waals surface area contributed by atoms with Crippen LogP contribution in [-0.2, 0) is 11.3 Å². The lowest BCUT2D eigenvalue weighted by Crippen LogP contribution is -2.16. The monoisotopic (exact) mass is 442 g/mol. The van der Waals surface area contributed by atoms with Gasteiger partial charge in [0.05, 0.1) is 28.9 Å². The molecule has 0 saturated carbocycles. The molecule has 1 heterocycles. The van der Waals surface area contributed by atoms with Crippen LogP contribution >= 0.6 is 27.3 Å². The van der Waals surface area contributed by atoms with Crippen molar-refractivity contribution in [1.82, 2.24) is 4.57 Å². The van der Waals surface area contributed by atoms with E-state index in [4.69, 9.17) is 11.2 Å². The van der Waals surface area contributed by atoms with Gasteiger partial charge in [0.2, 0.25) is 0 Å². The van der Waals surface area contributed by atoms with Crippen LogP contribution in [0.5, 0.6) is 0 Å². The molecule has 0 aliphatic heterocycles. The molecule has 27 heavy (non-hydrogen) atoms. The van der Waals surface area contributed by atoms with Gasteiger partial charge in [0.25, 0.3) is 5.91 Å². The van der Waals surface area contributed by atoms with Crippen LogP contribution in [0.2, 0.25) is 0 Å². The summed E-state index contributed by atoms with van der Waals surface area (Å²) in [5.74, 6) is 1.83. The Balaban J connectivity index is 2.11. The fourth-order valence-electron chi connectivity index (χ4n) is 2.52. The van der Waals surface area contributed by atoms with Crippen molar-refractivity contribution < 1.29 is 14.3 Å². The fourth-order valence-corrected chi connectivity index (χ4v) is 3.98. The zero-order chi connectivity index (χ0) is 19.4. The second kappa shape index (κ2) is 8.33. The summed E-state index contributed by atoms with van der Waals surface area (Å²) < 4.78 is 8.43. The molecule has 0 aliphatic rings. The first-order chi connectivity index (χ1) is 13.0. The second-order valence-corrected chi connectivity index (χ2v) is 7.43. The van der Waals surface area contributed by atoms with Crippen molar-refractivity contribution in [3.05, 3.63) is 62.9 Å². The molecule has 0 atom stereocenters. The fraction of sp³-hybridized carbons (Fsp3) is 0.150. The Morgan fingerprint density at radius 3 is 2.78 bits per heavy atom. The van der Waals surface area contributed by atoms with E-state index in [1.165, 1.54) is 11.3 Å². The van der Waals surface area contributed by atoms with Crippen LogP contribution in [0, 0.1) is 12.3 Å². The number of terminal acetylenes is 1. The summed E-state index contributed by atoms with van der Waals surface area (Å²) in [6.45, 7) is 2.33. The molecule has 5 nitrogen and oxygen atoms in total. The number of thiazole rings is 1. The summed E-state index contributed by atoms with van der Waals surface area (Å²) in [7, 11) is 0. The van der Waals surface area contributed by atoms with Gasteiger partial charge in [-0.2, -0.15) is 4.99 Å². The lowest BCUT2D eigenvalue weighted by atomic mass is 10.2. The van der Waals surface area contributed by atoms with E-state index in [1.54, 1.807) is 47.9 Å². The molecule has 0 spiro atoms. The van der Waals surface area contributed by atoms with Gasteiger partial charge in [-0.15, -0.1) is 6.42 Å². The number of carbonyl (C=O) groups excluding carboxylic acids is 2. The SMILES string of the molecule is C#CCn1c(=NC(=O)c2cccc(Br)c2)sc2cc(C(=O)OCC)ccc21. The summed E-state index contributed by atoms with van der Waals surface area (Å²) in [5, 5.41) is 0. The molecule has 0 aliphatic carbocycles. The van der Waals surface area contributed by atoms with E-state index in [1.807, 2.05) is 6.07 Å². The number of amides is 1. The van der Waals surface area contributed by atoms with E-state index in [2.05, 4.69) is 26.8 Å². The molecule has 7 heteroatoms. The molecule has 1 aromatic heterocycles. The number of fused-ring (bicyclic) bond motifs is 1. The topological polar surface area (TPSA) is 60.7 Å². The van der Waals surface area contributed by atoms with Gasteiger partial charge < -0.3 is 9.30 Å². The zero-order valence-corrected chi connectivity index (χ0v) is 16.8. The maximum atomic E-state index is 12.5. The van der Waals surface area contributed by atoms with Gasteiger partial charge in [-0.25, -0.2) is 4.79 Å². The highest BCUT2D eigenvalue weighted by Gasteiger charge is 2.12. The van der Waals surface area contributed by atoms with E-state index < -0.39 is 0 Å². The highest BCUT2D eigenvalue weighted by atomic mass is 79.9. The third-order valence-electron chi connectivity index (χ3n) is 3.71. The summed E-state index contributed by atoms with van der Waals surface area (Å²) in [6.07, 6.45) is 5.49. The van der Waals surface area contributed by atoms with Gasteiger partial charge in [0.15, 0.2) is 4.80 Å². The Hall–Kier alpha value is -2.69. The maximum Gasteiger partial charge on any atom is 0.338 e. The van der Waals surface area contributed by atoms with Crippen molar-refractivity contribution in [2.24, 2.45) is 4.99 Å². The first-order valence-corrected chi connectivity index (χ1v) is 9.73. The number of benzene rings is 2. The summed E-state index contributed by atoms with van der Waals surface area (Å²) in [5.41, 5.74) is 1.73. The van der Waals surface area contributed by atoms with E-state index in [-0.39, 0.29) is 18.4 Å². The molecule has 0 bridgehead atoms. The molecule has 2 aromatic carbocycles. The Morgan fingerprint density at radius 2 is 2.07 bits per heavy atom. The van der Waals surface area contributed by atoms with Crippen LogP contribution in [0.1, 0.15) is 27.6 Å². The minimum atomic E-state index is -0.389. The van der Waals surface area contributed by atoms with E-state index >= 15 is 0 Å². The van der Waals surface area contributed by atoms with Crippen molar-refractivity contribution in [2.75, 3.05) is 6.61 Å². The molecular weight excluding hydrogens is 428 g/mol. The van der Waals surface area contributed by atoms with Gasteiger partial charge in [-0.05, 0) is 43.3 Å². The van der Waals surface area contributed by atoms with Crippen molar-refractivity contribution >= 4 is 49.4 Å². The highest BCUT2D eigenvalue weighted by Crippen LogP contribution is 2.20. The van der Waals surface area contributed by atoms with E-state index in [0.29, 0.717) is 22.5 Å². The van der Waals surface area contributed by atoms with Crippen molar-refractivity contribution in [2.45, 2.75) is 13.5 Å². The molecule has 3 rings (SSSR count). The quantitative estimate of drug-likeness (QED) is 0.452. The summed E-state index contributed by atoms with van der Waals surface area (Å²) in [6, 6.07) is 12.2. The van der Waals surface area contributed by atoms with Gasteiger partial charge in [-0.1, -0.05) is 39.3 Å². The molecule has 1 amide bonds. The average molecular weight is 443 g/mol. The third kappa shape index (κ3) is 4.18. The molecule has 3 aromatic rings. The molecular formula is C20H15BrN2O3S. The summed E-state index contributed by atoms with van der Waals surface area (Å²) >= 11 is 4.65. The van der Waals surface area contributed by atoms with Gasteiger partial charge >= 0.3 is 5.97 Å². The molecule has 0 radical (unpaired) electrons. The number of hydrogen-bond donors (Lipinski definition) is 0. The minimum absolute atomic E-state index is 0.267. The van der Waals surface area contributed by atoms with Gasteiger partial charge in [0, 0.05) is 10.0 Å². The number of esters is 1. The van der Waals surface area contributed by atoms with Gasteiger partial charge in [0.1, 0.15) is 0 Å². The third-order valence-corrected chi connectivity index (χ3v) is 5.25. The Morgan fingerprint density at radius 1 is 1.26 bits per heavy atom. The first kappa shape index (κ1) is 19.1. The van der Waals surface area contributed by atoms with Gasteiger partial charge in [-0.3, -0.25) is 4.79 Å². The van der Waals surface area contributed by atoms with Crippen LogP contribution < -0.4 is 4.80 Å². The molecule has 0 saturated heterocycles. The first-order valence-electron chi connectivity index (χ1n) is 8.12. The highest BCUT2D eigenvalue weighted by molar-refractivity contribution is 9.10. The summed E-state index contributed by atoms with van der Waals surface area (Å²) in [4.78, 5) is 29.2. The van der Waals surface area contributed by atoms with Crippen LogP contribution in [0.15, 0.2) is 51.9 Å². The zero-order valence-electron chi connectivity index (χ0n) is 14.4. The predicted octanol–water partition coefficient (Wildman–Crippen LogP) is 4.02. The number of hydrogen-bond acceptors (Lipinski definition) is 4. The number of rotatable bonds is 4. The molecule has 136 valence electrons. The van der Waals surface area contributed by atoms with E-state index in [0.717, 1.165) is 14.7 Å². The van der Waals surface area contributed by atoms with Crippen molar-refractivity contribution in [1.29, 1.82) is 0 Å². The Labute approximate surface area is 168 Å². The lowest BCUT2D eigenvalue weighted by Gasteiger charge is -2.03. The minimum Gasteiger partial charge on any atom is -0.462 e. The molecule has 0 unspecified atom stereocenters. The largest absolute Gasteiger partial charge is 0.462 e. The number of aromatic nitrogens is 1. The number of ether oxygens (including phenoxy) is 1. The van der Waals surface area contributed by atoms with Crippen LogP contribution in [0.4, 0.5) is 0 Å². The van der Waals surface area contributed by atoms with Crippen LogP contribution in [0.25, 0.3) is 10.2 Å². The van der Waals surface area contributed by atoms with Crippen LogP contribution in [-0.4, -0.2) is 23.1 Å². The van der Waals surface area contributed by atoms with Crippen LogP contribution in [0.3, 0.4) is 0 Å². The second-order valence-electron chi connectivity index (χ2n) is 5.51. The number of nitrogens with zero attached hydrogens (tertiary/aromatic N) is 2. The number of halogens is 1. The Kier molecular flexibility index (Phi) is 5.89. The van der Waals surface area contributed by atoms with E-state index in [9.17, 15) is 9.59 Å². The smallest absolute Gasteiger partial charge is 0.338 e. The lowest BCUT2D eigenvalue weighted by molar-refractivity contribution is 0.0526. The normalized spacial score (nSPS) is 11.4. The standard InChI is InChI=1S/C20H15BrN2O3S/c1-3-10-23-16-9-8-14(19(25)26-4-2)12-17(16)27-20(23)22-18(24)13-6-5-7-15(21)11-13/h1,5-9,11-12H,4,10H2,2H3. The molecule has 0 N–H and O–H groups in total. The maximum absolute atomic E-state index is 12.5. The molecule has 0 fully saturated rings. The van der Waals surface area contributed by atoms with Crippen molar-refractivity contribution in [3.63, 3.8) is 0 Å². The number of carbonyl (C=O) groups is 2. The van der Waals surface area contributed by atoms with Crippen molar-refractivity contribution in [3.8, 4) is 12.3 Å².